The van der Waals surface area contributed by atoms with Crippen LogP contribution in [0, 0.1) is 10.1 Å². The van der Waals surface area contributed by atoms with E-state index in [4.69, 9.17) is 0 Å². The molecule has 2 unspecified atom stereocenters. The molecule has 1 aromatic carbocycles. The number of nitrogens with one attached hydrogen (secondary N) is 1. The molecule has 1 aliphatic carbocycles. The molecule has 6 nitrogen and oxygen atoms in total. The Morgan fingerprint density at radius 1 is 1.59 bits per heavy atom. The van der Waals surface area contributed by atoms with Gasteiger partial charge < -0.3 is 10.4 Å². The second-order valence-electron chi connectivity index (χ2n) is 5.49. The lowest BCUT2D eigenvalue weighted by molar-refractivity contribution is -0.384. The molecule has 0 aromatic heterocycles. The minimum absolute atomic E-state index is 0.143. The summed E-state index contributed by atoms with van der Waals surface area (Å²) in [6.45, 7) is 3.68. The average molecular weight is 324 g/mol. The van der Waals surface area contributed by atoms with Gasteiger partial charge in [-0.3, -0.25) is 14.9 Å². The van der Waals surface area contributed by atoms with Crippen molar-refractivity contribution < 1.29 is 14.8 Å². The summed E-state index contributed by atoms with van der Waals surface area (Å²) < 4.78 is 0. The molecule has 2 N–H and O–H groups in total. The first-order valence-electron chi connectivity index (χ1n) is 7.24. The smallest absolute Gasteiger partial charge is 0.293 e. The van der Waals surface area contributed by atoms with Gasteiger partial charge >= 0.3 is 0 Å². The Bertz CT molecular complexity index is 593. The van der Waals surface area contributed by atoms with Crippen LogP contribution in [0.15, 0.2) is 18.2 Å². The molecular weight excluding hydrogens is 304 g/mol. The molecule has 0 saturated heterocycles. The van der Waals surface area contributed by atoms with Crippen LogP contribution >= 0.6 is 11.8 Å². The highest BCUT2D eigenvalue weighted by molar-refractivity contribution is 8.00. The number of rotatable bonds is 7. The summed E-state index contributed by atoms with van der Waals surface area (Å²) in [4.78, 5) is 22.0. The second kappa shape index (κ2) is 6.66. The number of nitrogens with zero attached hydrogens (tertiary/aromatic N) is 1. The second-order valence-corrected chi connectivity index (χ2v) is 6.96. The summed E-state index contributed by atoms with van der Waals surface area (Å²) in [5.74, 6) is 0.715. The number of benzene rings is 1. The standard InChI is InChI=1S/C15H20N2O4S/c1-3-22-14-6-7-15(14,19)9-16-12-5-4-11(10(2)18)8-13(12)17(20)21/h4-5,8,14,16,19H,3,6-7,9H2,1-2H3. The monoisotopic (exact) mass is 324 g/mol. The molecule has 1 aliphatic rings. The van der Waals surface area contributed by atoms with Gasteiger partial charge in [0, 0.05) is 23.4 Å². The predicted octanol–water partition coefficient (Wildman–Crippen LogP) is 2.86. The number of nitro benzene ring substituents is 1. The van der Waals surface area contributed by atoms with Gasteiger partial charge in [0.1, 0.15) is 5.69 Å². The summed E-state index contributed by atoms with van der Waals surface area (Å²) in [6.07, 6.45) is 1.65. The molecule has 22 heavy (non-hydrogen) atoms. The van der Waals surface area contributed by atoms with Crippen LogP contribution in [-0.2, 0) is 0 Å². The van der Waals surface area contributed by atoms with E-state index in [9.17, 15) is 20.0 Å². The van der Waals surface area contributed by atoms with Gasteiger partial charge in [0.2, 0.25) is 0 Å². The number of ketones is 1. The molecule has 2 atom stereocenters. The van der Waals surface area contributed by atoms with Crippen LogP contribution in [0.25, 0.3) is 0 Å². The first kappa shape index (κ1) is 16.8. The third-order valence-electron chi connectivity index (χ3n) is 3.99. The fourth-order valence-electron chi connectivity index (χ4n) is 2.54. The molecule has 1 aromatic rings. The lowest BCUT2D eigenvalue weighted by atomic mass is 9.79. The van der Waals surface area contributed by atoms with E-state index in [1.165, 1.54) is 19.1 Å². The molecule has 1 fully saturated rings. The molecule has 2 rings (SSSR count). The summed E-state index contributed by atoms with van der Waals surface area (Å²) in [7, 11) is 0. The molecular formula is C15H20N2O4S. The van der Waals surface area contributed by atoms with Gasteiger partial charge in [0.15, 0.2) is 5.78 Å². The lowest BCUT2D eigenvalue weighted by Gasteiger charge is -2.45. The molecule has 0 radical (unpaired) electrons. The van der Waals surface area contributed by atoms with Crippen LogP contribution in [0.2, 0.25) is 0 Å². The van der Waals surface area contributed by atoms with Crippen molar-refractivity contribution in [2.45, 2.75) is 37.5 Å². The van der Waals surface area contributed by atoms with Crippen LogP contribution in [0.5, 0.6) is 0 Å². The summed E-state index contributed by atoms with van der Waals surface area (Å²) in [5, 5.41) is 24.8. The van der Waals surface area contributed by atoms with E-state index in [2.05, 4.69) is 5.32 Å². The van der Waals surface area contributed by atoms with Gasteiger partial charge in [-0.2, -0.15) is 11.8 Å². The Balaban J connectivity index is 2.13. The number of hydrogen-bond acceptors (Lipinski definition) is 6. The summed E-state index contributed by atoms with van der Waals surface area (Å²) in [5.41, 5.74) is -0.335. The highest BCUT2D eigenvalue weighted by atomic mass is 32.2. The predicted molar refractivity (Wildman–Crippen MR) is 87.7 cm³/mol. The Kier molecular flexibility index (Phi) is 5.08. The van der Waals surface area contributed by atoms with Crippen molar-refractivity contribution in [1.29, 1.82) is 0 Å². The van der Waals surface area contributed by atoms with Crippen molar-refractivity contribution >= 4 is 28.9 Å². The number of nitro groups is 1. The zero-order valence-corrected chi connectivity index (χ0v) is 13.5. The highest BCUT2D eigenvalue weighted by Crippen LogP contribution is 2.41. The van der Waals surface area contributed by atoms with E-state index < -0.39 is 10.5 Å². The topological polar surface area (TPSA) is 92.5 Å². The van der Waals surface area contributed by atoms with E-state index in [-0.39, 0.29) is 23.3 Å². The van der Waals surface area contributed by atoms with Gasteiger partial charge in [-0.15, -0.1) is 0 Å². The third kappa shape index (κ3) is 3.41. The van der Waals surface area contributed by atoms with E-state index in [1.807, 2.05) is 6.92 Å². The van der Waals surface area contributed by atoms with Crippen molar-refractivity contribution in [2.75, 3.05) is 17.6 Å². The minimum atomic E-state index is -0.826. The van der Waals surface area contributed by atoms with E-state index >= 15 is 0 Å². The Labute approximate surface area is 133 Å². The molecule has 0 heterocycles. The van der Waals surface area contributed by atoms with Crippen LogP contribution < -0.4 is 5.32 Å². The van der Waals surface area contributed by atoms with Crippen LogP contribution in [-0.4, -0.2) is 39.0 Å². The molecule has 0 bridgehead atoms. The summed E-state index contributed by atoms with van der Waals surface area (Å²) in [6, 6.07) is 4.35. The van der Waals surface area contributed by atoms with Crippen molar-refractivity contribution in [2.24, 2.45) is 0 Å². The maximum absolute atomic E-state index is 11.3. The van der Waals surface area contributed by atoms with E-state index in [0.717, 1.165) is 12.2 Å². The zero-order valence-electron chi connectivity index (χ0n) is 12.7. The van der Waals surface area contributed by atoms with Crippen molar-refractivity contribution in [3.05, 3.63) is 33.9 Å². The molecule has 0 spiro atoms. The maximum atomic E-state index is 11.3. The first-order chi connectivity index (χ1) is 10.4. The van der Waals surface area contributed by atoms with E-state index in [1.54, 1.807) is 17.8 Å². The van der Waals surface area contributed by atoms with Gasteiger partial charge in [-0.25, -0.2) is 0 Å². The van der Waals surface area contributed by atoms with Crippen molar-refractivity contribution in [3.63, 3.8) is 0 Å². The largest absolute Gasteiger partial charge is 0.387 e. The summed E-state index contributed by atoms with van der Waals surface area (Å²) >= 11 is 1.71. The number of hydrogen-bond donors (Lipinski definition) is 2. The molecule has 120 valence electrons. The molecule has 0 amide bonds. The minimum Gasteiger partial charge on any atom is -0.387 e. The van der Waals surface area contributed by atoms with Gasteiger partial charge in [-0.05, 0) is 37.7 Å². The first-order valence-corrected chi connectivity index (χ1v) is 8.29. The fraction of sp³-hybridized carbons (Fsp3) is 0.533. The van der Waals surface area contributed by atoms with Crippen LogP contribution in [0.4, 0.5) is 11.4 Å². The van der Waals surface area contributed by atoms with Crippen LogP contribution in [0.1, 0.15) is 37.0 Å². The number of thioether (sulfide) groups is 1. The lowest BCUT2D eigenvalue weighted by Crippen LogP contribution is -2.54. The average Bonchev–Trinajstić information content (AvgIpc) is 2.48. The molecule has 0 aliphatic heterocycles. The maximum Gasteiger partial charge on any atom is 0.293 e. The number of anilines is 1. The third-order valence-corrected chi connectivity index (χ3v) is 5.40. The van der Waals surface area contributed by atoms with Crippen molar-refractivity contribution in [3.8, 4) is 0 Å². The van der Waals surface area contributed by atoms with Crippen LogP contribution in [0.3, 0.4) is 0 Å². The number of aliphatic hydroxyl groups is 1. The molecule has 7 heteroatoms. The Morgan fingerprint density at radius 2 is 2.32 bits per heavy atom. The number of carbonyl (C=O) groups excluding carboxylic acids is 1. The van der Waals surface area contributed by atoms with Crippen molar-refractivity contribution in [1.82, 2.24) is 0 Å². The van der Waals surface area contributed by atoms with Gasteiger partial charge in [0.05, 0.1) is 10.5 Å². The number of carbonyl (C=O) groups is 1. The quantitative estimate of drug-likeness (QED) is 0.455. The highest BCUT2D eigenvalue weighted by Gasteiger charge is 2.45. The SMILES string of the molecule is CCSC1CCC1(O)CNc1ccc(C(C)=O)cc1[N+](=O)[O-]. The Morgan fingerprint density at radius 3 is 2.82 bits per heavy atom. The number of Topliss-reactive ketones (excluding diaryl/α,β-unsaturated/α-hetero) is 1. The molecule has 1 saturated carbocycles. The normalized spacial score (nSPS) is 23.7. The van der Waals surface area contributed by atoms with Gasteiger partial charge in [-0.1, -0.05) is 6.92 Å². The zero-order chi connectivity index (χ0) is 16.3. The van der Waals surface area contributed by atoms with Gasteiger partial charge in [0.25, 0.3) is 5.69 Å². The Hall–Kier alpha value is -1.60. The fourth-order valence-corrected chi connectivity index (χ4v) is 3.74. The van der Waals surface area contributed by atoms with E-state index in [0.29, 0.717) is 17.7 Å².